The first-order valence-electron chi connectivity index (χ1n) is 12.6. The zero-order valence-electron chi connectivity index (χ0n) is 22.4. The van der Waals surface area contributed by atoms with Gasteiger partial charge in [0.1, 0.15) is 5.67 Å². The van der Waals surface area contributed by atoms with E-state index < -0.39 is 5.67 Å². The third-order valence-electron chi connectivity index (χ3n) is 7.77. The number of alkyl halides is 1. The van der Waals surface area contributed by atoms with E-state index in [0.29, 0.717) is 18.8 Å². The van der Waals surface area contributed by atoms with Crippen LogP contribution < -0.4 is 0 Å². The predicted molar refractivity (Wildman–Crippen MR) is 131 cm³/mol. The van der Waals surface area contributed by atoms with E-state index in [-0.39, 0.29) is 16.5 Å². The maximum atomic E-state index is 16.3. The average Bonchev–Trinajstić information content (AvgIpc) is 2.62. The van der Waals surface area contributed by atoms with Crippen molar-refractivity contribution in [1.82, 2.24) is 14.7 Å². The third-order valence-corrected chi connectivity index (χ3v) is 7.77. The fourth-order valence-electron chi connectivity index (χ4n) is 6.03. The molecule has 0 aliphatic carbocycles. The van der Waals surface area contributed by atoms with Gasteiger partial charge in [0.05, 0.1) is 0 Å². The van der Waals surface area contributed by atoms with Crippen molar-refractivity contribution in [2.24, 2.45) is 11.3 Å². The highest BCUT2D eigenvalue weighted by atomic mass is 19.1. The molecule has 0 amide bonds. The Hall–Kier alpha value is -0.190. The van der Waals surface area contributed by atoms with Gasteiger partial charge in [-0.2, -0.15) is 0 Å². The van der Waals surface area contributed by atoms with Gasteiger partial charge in [-0.1, -0.05) is 41.5 Å². The van der Waals surface area contributed by atoms with Crippen molar-refractivity contribution in [3.05, 3.63) is 0 Å². The molecule has 0 radical (unpaired) electrons. The van der Waals surface area contributed by atoms with Gasteiger partial charge in [0, 0.05) is 55.8 Å². The molecule has 4 heteroatoms. The van der Waals surface area contributed by atoms with Crippen LogP contribution in [0.3, 0.4) is 0 Å². The Labute approximate surface area is 188 Å². The summed E-state index contributed by atoms with van der Waals surface area (Å²) < 4.78 is 16.3. The summed E-state index contributed by atoms with van der Waals surface area (Å²) in [6, 6.07) is 0. The normalized spacial score (nSPS) is 22.7. The van der Waals surface area contributed by atoms with Crippen LogP contribution in [0.25, 0.3) is 0 Å². The van der Waals surface area contributed by atoms with Crippen molar-refractivity contribution in [2.45, 2.75) is 112 Å². The molecule has 0 aromatic rings. The Morgan fingerprint density at radius 1 is 0.767 bits per heavy atom. The van der Waals surface area contributed by atoms with E-state index in [1.54, 1.807) is 0 Å². The molecule has 0 N–H and O–H groups in total. The zero-order chi connectivity index (χ0) is 23.4. The van der Waals surface area contributed by atoms with Gasteiger partial charge in [0.15, 0.2) is 0 Å². The van der Waals surface area contributed by atoms with Gasteiger partial charge in [0.2, 0.25) is 0 Å². The number of likely N-dealkylation sites (tertiary alicyclic amines) is 1. The number of piperazine rings is 1. The summed E-state index contributed by atoms with van der Waals surface area (Å²) in [4.78, 5) is 7.51. The zero-order valence-corrected chi connectivity index (χ0v) is 22.4. The van der Waals surface area contributed by atoms with Crippen LogP contribution in [-0.4, -0.2) is 77.8 Å². The molecule has 0 spiro atoms. The highest BCUT2D eigenvalue weighted by molar-refractivity contribution is 5.03. The van der Waals surface area contributed by atoms with Crippen LogP contribution in [0.2, 0.25) is 0 Å². The second kappa shape index (κ2) is 10.6. The van der Waals surface area contributed by atoms with Gasteiger partial charge < -0.3 is 4.90 Å². The molecule has 0 aromatic heterocycles. The van der Waals surface area contributed by atoms with E-state index in [2.05, 4.69) is 77.1 Å². The smallest absolute Gasteiger partial charge is 0.118 e. The fourth-order valence-corrected chi connectivity index (χ4v) is 6.03. The maximum Gasteiger partial charge on any atom is 0.118 e. The topological polar surface area (TPSA) is 9.72 Å². The highest BCUT2D eigenvalue weighted by Gasteiger charge is 2.51. The summed E-state index contributed by atoms with van der Waals surface area (Å²) >= 11 is 0. The van der Waals surface area contributed by atoms with Gasteiger partial charge in [0.25, 0.3) is 0 Å². The second-order valence-electron chi connectivity index (χ2n) is 12.0. The van der Waals surface area contributed by atoms with E-state index in [0.717, 1.165) is 45.7 Å². The first-order valence-corrected chi connectivity index (χ1v) is 12.6. The van der Waals surface area contributed by atoms with Crippen molar-refractivity contribution < 1.29 is 4.39 Å². The molecule has 180 valence electrons. The largest absolute Gasteiger partial charge is 0.304 e. The van der Waals surface area contributed by atoms with Gasteiger partial charge in [-0.05, 0) is 66.3 Å². The predicted octanol–water partition coefficient (Wildman–Crippen LogP) is 6.08. The molecule has 2 aliphatic heterocycles. The SMILES string of the molecule is CC.CC(C)CC(C)(C)N1CCC(F)(C(C)(C)CC(C)(C)N2CCN(C)CC2)CC1. The summed E-state index contributed by atoms with van der Waals surface area (Å²) in [5.74, 6) is 0.674. The molecule has 0 saturated carbocycles. The summed E-state index contributed by atoms with van der Waals surface area (Å²) in [6.45, 7) is 28.4. The van der Waals surface area contributed by atoms with Crippen LogP contribution in [0.5, 0.6) is 0 Å². The van der Waals surface area contributed by atoms with Gasteiger partial charge in [-0.3, -0.25) is 9.80 Å². The van der Waals surface area contributed by atoms with Gasteiger partial charge in [-0.25, -0.2) is 4.39 Å². The monoisotopic (exact) mass is 427 g/mol. The molecule has 2 rings (SSSR count). The van der Waals surface area contributed by atoms with Crippen LogP contribution in [-0.2, 0) is 0 Å². The lowest BCUT2D eigenvalue weighted by molar-refractivity contribution is -0.0858. The van der Waals surface area contributed by atoms with E-state index in [1.807, 2.05) is 13.8 Å². The van der Waals surface area contributed by atoms with Crippen molar-refractivity contribution in [2.75, 3.05) is 46.3 Å². The average molecular weight is 428 g/mol. The Bertz CT molecular complexity index is 496. The Morgan fingerprint density at radius 3 is 1.63 bits per heavy atom. The minimum absolute atomic E-state index is 0.0396. The van der Waals surface area contributed by atoms with Crippen LogP contribution in [0.4, 0.5) is 4.39 Å². The lowest BCUT2D eigenvalue weighted by Gasteiger charge is -2.53. The van der Waals surface area contributed by atoms with Crippen LogP contribution in [0.1, 0.15) is 94.9 Å². The first kappa shape index (κ1) is 27.8. The van der Waals surface area contributed by atoms with E-state index in [1.165, 1.54) is 6.42 Å². The summed E-state index contributed by atoms with van der Waals surface area (Å²) in [6.07, 6.45) is 3.42. The molecular formula is C26H54FN3. The minimum Gasteiger partial charge on any atom is -0.304 e. The Balaban J connectivity index is 0.00000218. The Kier molecular flexibility index (Phi) is 9.85. The molecule has 0 atom stereocenters. The van der Waals surface area contributed by atoms with Crippen molar-refractivity contribution >= 4 is 0 Å². The molecule has 0 unspecified atom stereocenters. The van der Waals surface area contributed by atoms with Crippen LogP contribution in [0.15, 0.2) is 0 Å². The van der Waals surface area contributed by atoms with Crippen LogP contribution in [0, 0.1) is 11.3 Å². The lowest BCUT2D eigenvalue weighted by atomic mass is 9.65. The van der Waals surface area contributed by atoms with E-state index >= 15 is 4.39 Å². The number of halogens is 1. The van der Waals surface area contributed by atoms with E-state index in [9.17, 15) is 0 Å². The number of rotatable bonds is 7. The second-order valence-corrected chi connectivity index (χ2v) is 12.0. The van der Waals surface area contributed by atoms with Crippen molar-refractivity contribution in [3.8, 4) is 0 Å². The quantitative estimate of drug-likeness (QED) is 0.487. The molecule has 0 bridgehead atoms. The minimum atomic E-state index is -1.07. The number of hydrogen-bond acceptors (Lipinski definition) is 3. The lowest BCUT2D eigenvalue weighted by Crippen LogP contribution is -2.59. The molecule has 3 nitrogen and oxygen atoms in total. The molecular weight excluding hydrogens is 373 g/mol. The Morgan fingerprint density at radius 2 is 1.20 bits per heavy atom. The van der Waals surface area contributed by atoms with Gasteiger partial charge >= 0.3 is 0 Å². The molecule has 2 fully saturated rings. The number of piperidine rings is 1. The van der Waals surface area contributed by atoms with E-state index in [4.69, 9.17) is 0 Å². The van der Waals surface area contributed by atoms with Crippen molar-refractivity contribution in [3.63, 3.8) is 0 Å². The number of nitrogens with zero attached hydrogens (tertiary/aromatic N) is 3. The maximum absolute atomic E-state index is 16.3. The molecule has 2 aliphatic rings. The molecule has 2 heterocycles. The van der Waals surface area contributed by atoms with Crippen LogP contribution >= 0.6 is 0 Å². The molecule has 30 heavy (non-hydrogen) atoms. The van der Waals surface area contributed by atoms with Crippen molar-refractivity contribution in [1.29, 1.82) is 0 Å². The number of likely N-dealkylation sites (N-methyl/N-ethyl adjacent to an activating group) is 1. The fraction of sp³-hybridized carbons (Fsp3) is 1.00. The number of hydrogen-bond donors (Lipinski definition) is 0. The standard InChI is InChI=1S/C24H48FN3.C2H6/c1-20(2)18-22(5,6)27-12-10-24(25,11-13-27)21(3,4)19-23(7,8)28-16-14-26(9)15-17-28;1-2/h20H,10-19H2,1-9H3;1-2H3. The molecule has 2 saturated heterocycles. The first-order chi connectivity index (χ1) is 13.7. The highest BCUT2D eigenvalue weighted by Crippen LogP contribution is 2.49. The summed E-state index contributed by atoms with van der Waals surface area (Å²) in [5.41, 5.74) is -1.17. The molecule has 0 aromatic carbocycles. The third kappa shape index (κ3) is 6.90. The summed E-state index contributed by atoms with van der Waals surface area (Å²) in [7, 11) is 2.19. The summed E-state index contributed by atoms with van der Waals surface area (Å²) in [5, 5.41) is 0. The van der Waals surface area contributed by atoms with Gasteiger partial charge in [-0.15, -0.1) is 0 Å².